The molecule has 21 heavy (non-hydrogen) atoms. The highest BCUT2D eigenvalue weighted by Gasteiger charge is 2.34. The van der Waals surface area contributed by atoms with Crippen molar-refractivity contribution in [1.29, 1.82) is 0 Å². The average molecular weight is 311 g/mol. The van der Waals surface area contributed by atoms with E-state index in [-0.39, 0.29) is 10.9 Å². The standard InChI is InChI=1S/C16H27ClN4/c1-7-12-13-15(20(6)19-12)21(14(18-13)11(5)17)16(8-2,9-3)10-4/h11H,7-10H2,1-6H3. The summed E-state index contributed by atoms with van der Waals surface area (Å²) in [5.41, 5.74) is 3.25. The molecule has 0 radical (unpaired) electrons. The summed E-state index contributed by atoms with van der Waals surface area (Å²) in [7, 11) is 2.01. The molecule has 2 heterocycles. The smallest absolute Gasteiger partial charge is 0.159 e. The first-order chi connectivity index (χ1) is 9.95. The lowest BCUT2D eigenvalue weighted by Gasteiger charge is -2.35. The highest BCUT2D eigenvalue weighted by Crippen LogP contribution is 2.37. The molecule has 4 nitrogen and oxygen atoms in total. The quantitative estimate of drug-likeness (QED) is 0.733. The Hall–Kier alpha value is -1.03. The van der Waals surface area contributed by atoms with Gasteiger partial charge in [0.25, 0.3) is 0 Å². The average Bonchev–Trinajstić information content (AvgIpc) is 3.01. The van der Waals surface area contributed by atoms with Crippen LogP contribution in [-0.4, -0.2) is 19.3 Å². The van der Waals surface area contributed by atoms with Gasteiger partial charge in [0.2, 0.25) is 0 Å². The normalized spacial score (nSPS) is 14.0. The van der Waals surface area contributed by atoms with Crippen molar-refractivity contribution in [2.75, 3.05) is 0 Å². The fourth-order valence-electron chi connectivity index (χ4n) is 3.39. The van der Waals surface area contributed by atoms with Crippen molar-refractivity contribution in [3.8, 4) is 0 Å². The summed E-state index contributed by atoms with van der Waals surface area (Å²) in [6.07, 6.45) is 4.08. The number of alkyl halides is 1. The van der Waals surface area contributed by atoms with Crippen LogP contribution in [0.5, 0.6) is 0 Å². The summed E-state index contributed by atoms with van der Waals surface area (Å²) in [6, 6.07) is 0. The molecule has 0 N–H and O–H groups in total. The fraction of sp³-hybridized carbons (Fsp3) is 0.750. The van der Waals surface area contributed by atoms with Crippen molar-refractivity contribution < 1.29 is 0 Å². The van der Waals surface area contributed by atoms with Crippen molar-refractivity contribution in [3.63, 3.8) is 0 Å². The number of rotatable bonds is 6. The molecule has 0 aliphatic rings. The van der Waals surface area contributed by atoms with Crippen LogP contribution in [0.25, 0.3) is 11.2 Å². The van der Waals surface area contributed by atoms with Crippen molar-refractivity contribution in [1.82, 2.24) is 19.3 Å². The highest BCUT2D eigenvalue weighted by atomic mass is 35.5. The SMILES string of the molecule is CCc1nn(C)c2c1nc(C(C)Cl)n2C(CC)(CC)CC. The van der Waals surface area contributed by atoms with Gasteiger partial charge in [-0.15, -0.1) is 11.6 Å². The van der Waals surface area contributed by atoms with Crippen LogP contribution in [-0.2, 0) is 19.0 Å². The Labute approximate surface area is 132 Å². The molecule has 0 amide bonds. The maximum atomic E-state index is 6.45. The van der Waals surface area contributed by atoms with Crippen LogP contribution >= 0.6 is 11.6 Å². The molecular formula is C16H27ClN4. The molecular weight excluding hydrogens is 284 g/mol. The molecule has 0 aliphatic heterocycles. The third-order valence-electron chi connectivity index (χ3n) is 4.87. The first-order valence-corrected chi connectivity index (χ1v) is 8.48. The predicted molar refractivity (Wildman–Crippen MR) is 89.0 cm³/mol. The van der Waals surface area contributed by atoms with Crippen molar-refractivity contribution in [2.45, 2.75) is 71.2 Å². The summed E-state index contributed by atoms with van der Waals surface area (Å²) in [5, 5.41) is 4.53. The van der Waals surface area contributed by atoms with Gasteiger partial charge in [-0.3, -0.25) is 4.68 Å². The summed E-state index contributed by atoms with van der Waals surface area (Å²) < 4.78 is 4.34. The Bertz CT molecular complexity index is 612. The minimum atomic E-state index is -0.105. The third-order valence-corrected chi connectivity index (χ3v) is 5.06. The summed E-state index contributed by atoms with van der Waals surface area (Å²) in [4.78, 5) is 4.86. The molecule has 0 saturated carbocycles. The number of hydrogen-bond donors (Lipinski definition) is 0. The maximum absolute atomic E-state index is 6.45. The summed E-state index contributed by atoms with van der Waals surface area (Å²) in [6.45, 7) is 10.9. The zero-order valence-electron chi connectivity index (χ0n) is 14.1. The molecule has 0 fully saturated rings. The van der Waals surface area contributed by atoms with E-state index in [0.29, 0.717) is 0 Å². The van der Waals surface area contributed by atoms with Crippen LogP contribution in [0.3, 0.4) is 0 Å². The lowest BCUT2D eigenvalue weighted by atomic mass is 9.89. The van der Waals surface area contributed by atoms with Crippen LogP contribution in [0, 0.1) is 0 Å². The highest BCUT2D eigenvalue weighted by molar-refractivity contribution is 6.20. The van der Waals surface area contributed by atoms with Gasteiger partial charge in [0.05, 0.1) is 11.1 Å². The number of halogens is 1. The number of imidazole rings is 1. The van der Waals surface area contributed by atoms with Gasteiger partial charge in [-0.05, 0) is 32.6 Å². The second kappa shape index (κ2) is 5.99. The number of fused-ring (bicyclic) bond motifs is 1. The summed E-state index contributed by atoms with van der Waals surface area (Å²) in [5.74, 6) is 0.972. The molecule has 118 valence electrons. The van der Waals surface area contributed by atoms with Gasteiger partial charge >= 0.3 is 0 Å². The topological polar surface area (TPSA) is 35.6 Å². The van der Waals surface area contributed by atoms with E-state index >= 15 is 0 Å². The van der Waals surface area contributed by atoms with Crippen LogP contribution in [0.15, 0.2) is 0 Å². The molecule has 2 aromatic heterocycles. The molecule has 0 saturated heterocycles. The zero-order valence-corrected chi connectivity index (χ0v) is 14.8. The number of nitrogens with zero attached hydrogens (tertiary/aromatic N) is 4. The van der Waals surface area contributed by atoms with Gasteiger partial charge in [-0.25, -0.2) is 4.98 Å². The largest absolute Gasteiger partial charge is 0.305 e. The molecule has 2 rings (SSSR count). The Balaban J connectivity index is 2.87. The molecule has 5 heteroatoms. The monoisotopic (exact) mass is 310 g/mol. The number of aromatic nitrogens is 4. The second-order valence-electron chi connectivity index (χ2n) is 5.80. The zero-order chi connectivity index (χ0) is 15.8. The Morgan fingerprint density at radius 3 is 2.14 bits per heavy atom. The first-order valence-electron chi connectivity index (χ1n) is 8.04. The number of hydrogen-bond acceptors (Lipinski definition) is 2. The van der Waals surface area contributed by atoms with Crippen LogP contribution in [0.1, 0.15) is 70.8 Å². The fourth-order valence-corrected chi connectivity index (χ4v) is 3.54. The van der Waals surface area contributed by atoms with Gasteiger partial charge in [0.1, 0.15) is 11.3 Å². The lowest BCUT2D eigenvalue weighted by Crippen LogP contribution is -2.34. The molecule has 0 aromatic carbocycles. The van der Waals surface area contributed by atoms with E-state index in [4.69, 9.17) is 16.6 Å². The summed E-state index contributed by atoms with van der Waals surface area (Å²) >= 11 is 6.45. The lowest BCUT2D eigenvalue weighted by molar-refractivity contribution is 0.247. The van der Waals surface area contributed by atoms with Crippen molar-refractivity contribution in [3.05, 3.63) is 11.5 Å². The molecule has 2 aromatic rings. The van der Waals surface area contributed by atoms with E-state index in [1.165, 1.54) is 0 Å². The van der Waals surface area contributed by atoms with Crippen LogP contribution in [0.4, 0.5) is 0 Å². The van der Waals surface area contributed by atoms with Gasteiger partial charge in [-0.2, -0.15) is 5.10 Å². The van der Waals surface area contributed by atoms with Gasteiger partial charge < -0.3 is 4.57 Å². The van der Waals surface area contributed by atoms with Crippen LogP contribution < -0.4 is 0 Å². The third kappa shape index (κ3) is 2.37. The Kier molecular flexibility index (Phi) is 4.66. The second-order valence-corrected chi connectivity index (χ2v) is 6.46. The van der Waals surface area contributed by atoms with E-state index in [1.54, 1.807) is 0 Å². The Morgan fingerprint density at radius 2 is 1.71 bits per heavy atom. The van der Waals surface area contributed by atoms with E-state index in [1.807, 2.05) is 18.7 Å². The van der Waals surface area contributed by atoms with E-state index in [2.05, 4.69) is 37.4 Å². The van der Waals surface area contributed by atoms with Crippen molar-refractivity contribution in [2.24, 2.45) is 7.05 Å². The Morgan fingerprint density at radius 1 is 1.14 bits per heavy atom. The maximum Gasteiger partial charge on any atom is 0.159 e. The minimum absolute atomic E-state index is 0.0615. The molecule has 0 spiro atoms. The molecule has 1 atom stereocenters. The van der Waals surface area contributed by atoms with Gasteiger partial charge in [0.15, 0.2) is 5.65 Å². The van der Waals surface area contributed by atoms with Crippen molar-refractivity contribution >= 4 is 22.8 Å². The molecule has 0 bridgehead atoms. The molecule has 1 unspecified atom stereocenters. The van der Waals surface area contributed by atoms with Crippen LogP contribution in [0.2, 0.25) is 0 Å². The van der Waals surface area contributed by atoms with Gasteiger partial charge in [0, 0.05) is 12.6 Å². The first kappa shape index (κ1) is 16.3. The van der Waals surface area contributed by atoms with E-state index in [9.17, 15) is 0 Å². The van der Waals surface area contributed by atoms with E-state index in [0.717, 1.165) is 48.4 Å². The van der Waals surface area contributed by atoms with Gasteiger partial charge in [-0.1, -0.05) is 27.7 Å². The predicted octanol–water partition coefficient (Wildman–Crippen LogP) is 4.56. The number of aryl methyl sites for hydroxylation is 2. The van der Waals surface area contributed by atoms with E-state index < -0.39 is 0 Å². The minimum Gasteiger partial charge on any atom is -0.305 e. The molecule has 0 aliphatic carbocycles.